The van der Waals surface area contributed by atoms with Gasteiger partial charge in [0.2, 0.25) is 5.91 Å². The monoisotopic (exact) mass is 373 g/mol. The van der Waals surface area contributed by atoms with E-state index < -0.39 is 10.8 Å². The third-order valence-electron chi connectivity index (χ3n) is 4.43. The second kappa shape index (κ2) is 8.99. The van der Waals surface area contributed by atoms with Crippen LogP contribution in [0.3, 0.4) is 0 Å². The molecule has 0 radical (unpaired) electrons. The molecule has 1 unspecified atom stereocenters. The number of aryl methyl sites for hydroxylation is 3. The summed E-state index contributed by atoms with van der Waals surface area (Å²) in [5.41, 5.74) is 5.56. The van der Waals surface area contributed by atoms with Crippen molar-refractivity contribution in [2.75, 3.05) is 19.9 Å². The third kappa shape index (κ3) is 5.43. The summed E-state index contributed by atoms with van der Waals surface area (Å²) >= 11 is 0. The number of carbonyl (C=O) groups is 1. The second-order valence-electron chi connectivity index (χ2n) is 6.70. The number of methoxy groups -OCH3 is 1. The lowest BCUT2D eigenvalue weighted by molar-refractivity contribution is -0.127. The Labute approximate surface area is 158 Å². The Kier molecular flexibility index (Phi) is 6.98. The van der Waals surface area contributed by atoms with Gasteiger partial charge >= 0.3 is 0 Å². The molecule has 140 valence electrons. The highest BCUT2D eigenvalue weighted by Crippen LogP contribution is 2.18. The molecule has 1 atom stereocenters. The normalized spacial score (nSPS) is 11.9. The molecule has 0 heterocycles. The second-order valence-corrected chi connectivity index (χ2v) is 8.16. The summed E-state index contributed by atoms with van der Waals surface area (Å²) in [6.45, 7) is 6.61. The van der Waals surface area contributed by atoms with Crippen LogP contribution in [-0.2, 0) is 27.9 Å². The van der Waals surface area contributed by atoms with Crippen molar-refractivity contribution in [3.8, 4) is 5.75 Å². The summed E-state index contributed by atoms with van der Waals surface area (Å²) in [6.07, 6.45) is 0. The quantitative estimate of drug-likeness (QED) is 0.746. The number of rotatable bonds is 7. The molecule has 0 N–H and O–H groups in total. The summed E-state index contributed by atoms with van der Waals surface area (Å²) in [5, 5.41) is 0. The van der Waals surface area contributed by atoms with E-state index in [0.717, 1.165) is 28.0 Å². The van der Waals surface area contributed by atoms with Gasteiger partial charge in [-0.15, -0.1) is 0 Å². The van der Waals surface area contributed by atoms with Crippen molar-refractivity contribution in [3.63, 3.8) is 0 Å². The van der Waals surface area contributed by atoms with Gasteiger partial charge in [0.1, 0.15) is 11.5 Å². The number of ether oxygens (including phenoxy) is 1. The van der Waals surface area contributed by atoms with Crippen LogP contribution in [0.15, 0.2) is 36.4 Å². The first-order valence-electron chi connectivity index (χ1n) is 8.58. The standard InChI is InChI=1S/C21H27NO3S/c1-15-10-16(2)20(17(3)11-15)13-26(24)14-21(23)22(4)12-18-6-8-19(25-5)9-7-18/h6-11H,12-14H2,1-5H3. The molecule has 0 aliphatic heterocycles. The third-order valence-corrected chi connectivity index (χ3v) is 5.61. The van der Waals surface area contributed by atoms with Crippen LogP contribution in [-0.4, -0.2) is 34.9 Å². The average molecular weight is 374 g/mol. The lowest BCUT2D eigenvalue weighted by atomic mass is 10.0. The van der Waals surface area contributed by atoms with Gasteiger partial charge in [-0.05, 0) is 55.2 Å². The molecular weight excluding hydrogens is 346 g/mol. The molecule has 5 heteroatoms. The highest BCUT2D eigenvalue weighted by atomic mass is 32.2. The van der Waals surface area contributed by atoms with Gasteiger partial charge in [-0.2, -0.15) is 0 Å². The Hall–Kier alpha value is -2.14. The van der Waals surface area contributed by atoms with Gasteiger partial charge in [-0.1, -0.05) is 29.8 Å². The summed E-state index contributed by atoms with van der Waals surface area (Å²) in [5.74, 6) is 1.13. The predicted molar refractivity (Wildman–Crippen MR) is 107 cm³/mol. The van der Waals surface area contributed by atoms with Crippen LogP contribution in [0.5, 0.6) is 5.75 Å². The number of hydrogen-bond acceptors (Lipinski definition) is 3. The number of carbonyl (C=O) groups excluding carboxylic acids is 1. The van der Waals surface area contributed by atoms with Crippen molar-refractivity contribution in [2.45, 2.75) is 33.1 Å². The van der Waals surface area contributed by atoms with E-state index in [4.69, 9.17) is 4.74 Å². The summed E-state index contributed by atoms with van der Waals surface area (Å²) in [4.78, 5) is 14.0. The van der Waals surface area contributed by atoms with Gasteiger partial charge in [-0.25, -0.2) is 0 Å². The summed E-state index contributed by atoms with van der Waals surface area (Å²) < 4.78 is 17.6. The Morgan fingerprint density at radius 2 is 1.65 bits per heavy atom. The Balaban J connectivity index is 1.94. The van der Waals surface area contributed by atoms with E-state index in [9.17, 15) is 9.00 Å². The molecule has 0 saturated carbocycles. The van der Waals surface area contributed by atoms with Crippen molar-refractivity contribution in [3.05, 3.63) is 64.2 Å². The zero-order valence-corrected chi connectivity index (χ0v) is 17.0. The van der Waals surface area contributed by atoms with Crippen molar-refractivity contribution >= 4 is 16.7 Å². The molecule has 0 spiro atoms. The molecule has 2 rings (SSSR count). The molecule has 0 aliphatic rings. The first-order valence-corrected chi connectivity index (χ1v) is 10.1. The minimum absolute atomic E-state index is 0.0411. The highest BCUT2D eigenvalue weighted by molar-refractivity contribution is 7.84. The lowest BCUT2D eigenvalue weighted by Crippen LogP contribution is -2.30. The molecular formula is C21H27NO3S. The van der Waals surface area contributed by atoms with Crippen molar-refractivity contribution < 1.29 is 13.7 Å². The van der Waals surface area contributed by atoms with Crippen molar-refractivity contribution in [1.82, 2.24) is 4.90 Å². The first kappa shape index (κ1) is 20.2. The number of hydrogen-bond donors (Lipinski definition) is 0. The largest absolute Gasteiger partial charge is 0.497 e. The maximum absolute atomic E-state index is 12.5. The molecule has 2 aromatic rings. The topological polar surface area (TPSA) is 46.6 Å². The molecule has 1 amide bonds. The van der Waals surface area contributed by atoms with E-state index in [0.29, 0.717) is 12.3 Å². The molecule has 2 aromatic carbocycles. The van der Waals surface area contributed by atoms with Crippen LogP contribution in [0, 0.1) is 20.8 Å². The minimum Gasteiger partial charge on any atom is -0.497 e. The molecule has 26 heavy (non-hydrogen) atoms. The Bertz CT molecular complexity index is 776. The SMILES string of the molecule is COc1ccc(CN(C)C(=O)CS(=O)Cc2c(C)cc(C)cc2C)cc1. The molecule has 4 nitrogen and oxygen atoms in total. The zero-order valence-electron chi connectivity index (χ0n) is 16.2. The van der Waals surface area contributed by atoms with E-state index in [1.165, 1.54) is 5.56 Å². The van der Waals surface area contributed by atoms with E-state index in [1.807, 2.05) is 38.1 Å². The number of amides is 1. The molecule has 0 bridgehead atoms. The van der Waals surface area contributed by atoms with Gasteiger partial charge in [0.25, 0.3) is 0 Å². The predicted octanol–water partition coefficient (Wildman–Crippen LogP) is 3.53. The maximum Gasteiger partial charge on any atom is 0.235 e. The van der Waals surface area contributed by atoms with Crippen LogP contribution >= 0.6 is 0 Å². The first-order chi connectivity index (χ1) is 12.3. The van der Waals surface area contributed by atoms with Crippen LogP contribution < -0.4 is 4.74 Å². The van der Waals surface area contributed by atoms with Gasteiger partial charge in [0.05, 0.1) is 7.11 Å². The average Bonchev–Trinajstić information content (AvgIpc) is 2.58. The lowest BCUT2D eigenvalue weighted by Gasteiger charge is -2.18. The van der Waals surface area contributed by atoms with Gasteiger partial charge in [0.15, 0.2) is 0 Å². The van der Waals surface area contributed by atoms with E-state index in [-0.39, 0.29) is 11.7 Å². The van der Waals surface area contributed by atoms with Crippen LogP contribution in [0.4, 0.5) is 0 Å². The molecule has 0 fully saturated rings. The van der Waals surface area contributed by atoms with Gasteiger partial charge in [-0.3, -0.25) is 9.00 Å². The fourth-order valence-corrected chi connectivity index (χ4v) is 4.37. The van der Waals surface area contributed by atoms with Gasteiger partial charge in [0, 0.05) is 30.1 Å². The fourth-order valence-electron chi connectivity index (χ4n) is 2.99. The Morgan fingerprint density at radius 1 is 1.08 bits per heavy atom. The molecule has 0 saturated heterocycles. The van der Waals surface area contributed by atoms with E-state index >= 15 is 0 Å². The fraction of sp³-hybridized carbons (Fsp3) is 0.381. The maximum atomic E-state index is 12.5. The van der Waals surface area contributed by atoms with Crippen molar-refractivity contribution in [2.24, 2.45) is 0 Å². The molecule has 0 aliphatic carbocycles. The highest BCUT2D eigenvalue weighted by Gasteiger charge is 2.15. The van der Waals surface area contributed by atoms with E-state index in [1.54, 1.807) is 19.1 Å². The van der Waals surface area contributed by atoms with Crippen LogP contribution in [0.2, 0.25) is 0 Å². The van der Waals surface area contributed by atoms with Crippen molar-refractivity contribution in [1.29, 1.82) is 0 Å². The summed E-state index contributed by atoms with van der Waals surface area (Å²) in [7, 11) is 2.14. The summed E-state index contributed by atoms with van der Waals surface area (Å²) in [6, 6.07) is 11.8. The zero-order chi connectivity index (χ0) is 19.3. The van der Waals surface area contributed by atoms with Gasteiger partial charge < -0.3 is 9.64 Å². The van der Waals surface area contributed by atoms with E-state index in [2.05, 4.69) is 19.1 Å². The Morgan fingerprint density at radius 3 is 2.19 bits per heavy atom. The number of benzene rings is 2. The van der Waals surface area contributed by atoms with Crippen LogP contribution in [0.25, 0.3) is 0 Å². The minimum atomic E-state index is -1.22. The van der Waals surface area contributed by atoms with Crippen LogP contribution in [0.1, 0.15) is 27.8 Å². The smallest absolute Gasteiger partial charge is 0.235 e. The number of nitrogens with zero attached hydrogens (tertiary/aromatic N) is 1. The molecule has 0 aromatic heterocycles.